The number of ether oxygens (including phenoxy) is 1. The number of carbonyl (C=O) groups is 5. The third-order valence-electron chi connectivity index (χ3n) is 6.02. The van der Waals surface area contributed by atoms with E-state index in [0.29, 0.717) is 27.8 Å². The van der Waals surface area contributed by atoms with E-state index in [9.17, 15) is 24.0 Å². The van der Waals surface area contributed by atoms with E-state index >= 15 is 0 Å². The first kappa shape index (κ1) is 21.4. The molecule has 1 unspecified atom stereocenters. The number of furan rings is 1. The molecule has 34 heavy (non-hydrogen) atoms. The van der Waals surface area contributed by atoms with Gasteiger partial charge in [-0.1, -0.05) is 12.1 Å². The van der Waals surface area contributed by atoms with E-state index in [1.165, 1.54) is 19.4 Å². The van der Waals surface area contributed by atoms with Gasteiger partial charge < -0.3 is 14.5 Å². The van der Waals surface area contributed by atoms with Crippen LogP contribution in [0.15, 0.2) is 47.1 Å². The van der Waals surface area contributed by atoms with Crippen LogP contribution in [-0.2, 0) is 16.1 Å². The number of nitrogens with zero attached hydrogens (tertiary/aromatic N) is 1. The van der Waals surface area contributed by atoms with Gasteiger partial charge in [0.15, 0.2) is 0 Å². The Bertz CT molecular complexity index is 1390. The largest absolute Gasteiger partial charge is 0.497 e. The van der Waals surface area contributed by atoms with Crippen molar-refractivity contribution < 1.29 is 33.1 Å². The summed E-state index contributed by atoms with van der Waals surface area (Å²) in [6, 6.07) is 8.80. The zero-order valence-electron chi connectivity index (χ0n) is 18.0. The topological polar surface area (TPSA) is 135 Å². The predicted molar refractivity (Wildman–Crippen MR) is 117 cm³/mol. The van der Waals surface area contributed by atoms with E-state index in [0.717, 1.165) is 4.90 Å². The quantitative estimate of drug-likeness (QED) is 0.553. The summed E-state index contributed by atoms with van der Waals surface area (Å²) in [5, 5.41) is 5.53. The summed E-state index contributed by atoms with van der Waals surface area (Å²) in [5.74, 6) is -2.16. The molecule has 10 nitrogen and oxygen atoms in total. The average Bonchev–Trinajstić information content (AvgIpc) is 3.36. The Morgan fingerprint density at radius 1 is 1.18 bits per heavy atom. The summed E-state index contributed by atoms with van der Waals surface area (Å²) in [6.07, 6.45) is 1.45. The Kier molecular flexibility index (Phi) is 5.12. The van der Waals surface area contributed by atoms with Gasteiger partial charge in [-0.3, -0.25) is 34.2 Å². The molecule has 1 fully saturated rings. The standard InChI is InChI=1S/C24H19N3O7/c1-33-13-5-6-14-16(11-34-18(14)9-13)21(29)25-10-12-3-2-4-15-20(12)24(32)27(23(15)31)17-7-8-19(28)26-22(17)30/h2-6,9,11,17H,7-8,10H2,1H3,(H,25,29)(H,26,28,30). The van der Waals surface area contributed by atoms with Gasteiger partial charge in [0, 0.05) is 24.4 Å². The number of rotatable bonds is 5. The molecule has 2 aliphatic heterocycles. The van der Waals surface area contributed by atoms with Gasteiger partial charge in [0.2, 0.25) is 11.8 Å². The Labute approximate surface area is 192 Å². The van der Waals surface area contributed by atoms with Crippen LogP contribution in [0.4, 0.5) is 0 Å². The first-order valence-corrected chi connectivity index (χ1v) is 10.6. The lowest BCUT2D eigenvalue weighted by molar-refractivity contribution is -0.136. The number of fused-ring (bicyclic) bond motifs is 2. The number of nitrogens with one attached hydrogen (secondary N) is 2. The lowest BCUT2D eigenvalue weighted by Gasteiger charge is -2.27. The summed E-state index contributed by atoms with van der Waals surface area (Å²) in [5.41, 5.74) is 1.54. The molecule has 5 amide bonds. The molecule has 2 aromatic carbocycles. The van der Waals surface area contributed by atoms with E-state index in [1.807, 2.05) is 0 Å². The Morgan fingerprint density at radius 3 is 2.76 bits per heavy atom. The number of imide groups is 2. The van der Waals surface area contributed by atoms with Gasteiger partial charge in [-0.25, -0.2) is 0 Å². The molecule has 0 spiro atoms. The van der Waals surface area contributed by atoms with Crippen molar-refractivity contribution in [3.8, 4) is 5.75 Å². The van der Waals surface area contributed by atoms with Crippen LogP contribution in [0.5, 0.6) is 5.75 Å². The summed E-state index contributed by atoms with van der Waals surface area (Å²) in [4.78, 5) is 63.5. The Balaban J connectivity index is 1.37. The third-order valence-corrected chi connectivity index (χ3v) is 6.02. The van der Waals surface area contributed by atoms with Gasteiger partial charge in [0.1, 0.15) is 23.6 Å². The minimum Gasteiger partial charge on any atom is -0.497 e. The van der Waals surface area contributed by atoms with Crippen LogP contribution in [0.3, 0.4) is 0 Å². The second-order valence-corrected chi connectivity index (χ2v) is 7.98. The van der Waals surface area contributed by atoms with Crippen molar-refractivity contribution in [2.45, 2.75) is 25.4 Å². The molecular weight excluding hydrogens is 442 g/mol. The Hall–Kier alpha value is -4.47. The average molecular weight is 461 g/mol. The number of methoxy groups -OCH3 is 1. The number of amides is 5. The van der Waals surface area contributed by atoms with Crippen LogP contribution >= 0.6 is 0 Å². The first-order valence-electron chi connectivity index (χ1n) is 10.6. The van der Waals surface area contributed by atoms with Gasteiger partial charge in [0.05, 0.1) is 23.8 Å². The SMILES string of the molecule is COc1ccc2c(C(=O)NCc3cccc4c3C(=O)N(C3CCC(=O)NC3=O)C4=O)coc2c1. The van der Waals surface area contributed by atoms with Crippen LogP contribution in [0.2, 0.25) is 0 Å². The van der Waals surface area contributed by atoms with E-state index in [-0.39, 0.29) is 30.5 Å². The fourth-order valence-corrected chi connectivity index (χ4v) is 4.31. The highest BCUT2D eigenvalue weighted by molar-refractivity contribution is 6.24. The van der Waals surface area contributed by atoms with Crippen LogP contribution in [0.1, 0.15) is 49.5 Å². The van der Waals surface area contributed by atoms with Crippen molar-refractivity contribution in [2.75, 3.05) is 7.11 Å². The molecule has 5 rings (SSSR count). The second kappa shape index (κ2) is 8.14. The lowest BCUT2D eigenvalue weighted by Crippen LogP contribution is -2.54. The van der Waals surface area contributed by atoms with Crippen molar-refractivity contribution in [3.63, 3.8) is 0 Å². The molecule has 0 radical (unpaired) electrons. The number of carbonyl (C=O) groups excluding carboxylic acids is 5. The molecular formula is C24H19N3O7. The van der Waals surface area contributed by atoms with E-state index in [2.05, 4.69) is 10.6 Å². The minimum atomic E-state index is -1.05. The molecule has 1 saturated heterocycles. The summed E-state index contributed by atoms with van der Waals surface area (Å²) in [7, 11) is 1.53. The zero-order chi connectivity index (χ0) is 24.0. The molecule has 10 heteroatoms. The highest BCUT2D eigenvalue weighted by atomic mass is 16.5. The fraction of sp³-hybridized carbons (Fsp3) is 0.208. The molecule has 0 aliphatic carbocycles. The number of hydrogen-bond acceptors (Lipinski definition) is 7. The van der Waals surface area contributed by atoms with Gasteiger partial charge in [-0.05, 0) is 30.2 Å². The molecule has 2 N–H and O–H groups in total. The second-order valence-electron chi connectivity index (χ2n) is 7.98. The molecule has 2 aliphatic rings. The smallest absolute Gasteiger partial charge is 0.262 e. The van der Waals surface area contributed by atoms with Gasteiger partial charge in [-0.2, -0.15) is 0 Å². The summed E-state index contributed by atoms with van der Waals surface area (Å²) < 4.78 is 10.6. The fourth-order valence-electron chi connectivity index (χ4n) is 4.31. The van der Waals surface area contributed by atoms with Crippen molar-refractivity contribution in [3.05, 3.63) is 64.9 Å². The van der Waals surface area contributed by atoms with Gasteiger partial charge >= 0.3 is 0 Å². The first-order chi connectivity index (χ1) is 16.4. The number of hydrogen-bond donors (Lipinski definition) is 2. The highest BCUT2D eigenvalue weighted by Gasteiger charge is 2.45. The Morgan fingerprint density at radius 2 is 2.00 bits per heavy atom. The van der Waals surface area contributed by atoms with Crippen molar-refractivity contribution in [1.29, 1.82) is 0 Å². The maximum Gasteiger partial charge on any atom is 0.262 e. The molecule has 0 bridgehead atoms. The zero-order valence-corrected chi connectivity index (χ0v) is 18.0. The minimum absolute atomic E-state index is 0.0208. The van der Waals surface area contributed by atoms with Crippen molar-refractivity contribution in [2.24, 2.45) is 0 Å². The van der Waals surface area contributed by atoms with Crippen LogP contribution in [0, 0.1) is 0 Å². The normalized spacial score (nSPS) is 17.7. The van der Waals surface area contributed by atoms with E-state index in [4.69, 9.17) is 9.15 Å². The summed E-state index contributed by atoms with van der Waals surface area (Å²) in [6.45, 7) is -0.0208. The molecule has 3 aromatic rings. The molecule has 3 heterocycles. The predicted octanol–water partition coefficient (Wildman–Crippen LogP) is 1.77. The number of piperidine rings is 1. The summed E-state index contributed by atoms with van der Waals surface area (Å²) >= 11 is 0. The van der Waals surface area contributed by atoms with Gasteiger partial charge in [-0.15, -0.1) is 0 Å². The molecule has 1 atom stereocenters. The van der Waals surface area contributed by atoms with Crippen LogP contribution in [-0.4, -0.2) is 47.6 Å². The van der Waals surface area contributed by atoms with E-state index in [1.54, 1.807) is 30.3 Å². The van der Waals surface area contributed by atoms with Crippen LogP contribution < -0.4 is 15.4 Å². The number of benzene rings is 2. The molecule has 0 saturated carbocycles. The maximum atomic E-state index is 13.2. The third kappa shape index (κ3) is 3.40. The molecule has 172 valence electrons. The van der Waals surface area contributed by atoms with E-state index < -0.39 is 35.6 Å². The van der Waals surface area contributed by atoms with Crippen LogP contribution in [0.25, 0.3) is 11.0 Å². The van der Waals surface area contributed by atoms with Crippen molar-refractivity contribution in [1.82, 2.24) is 15.5 Å². The van der Waals surface area contributed by atoms with Crippen molar-refractivity contribution >= 4 is 40.5 Å². The molecule has 1 aromatic heterocycles. The van der Waals surface area contributed by atoms with Gasteiger partial charge in [0.25, 0.3) is 17.7 Å². The highest BCUT2D eigenvalue weighted by Crippen LogP contribution is 2.30. The maximum absolute atomic E-state index is 13.2. The lowest BCUT2D eigenvalue weighted by atomic mass is 10.0. The monoisotopic (exact) mass is 461 g/mol.